The van der Waals surface area contributed by atoms with Crippen molar-refractivity contribution in [1.29, 1.82) is 0 Å². The van der Waals surface area contributed by atoms with Crippen molar-refractivity contribution in [2.24, 2.45) is 0 Å². The topological polar surface area (TPSA) is 50.4 Å². The van der Waals surface area contributed by atoms with Gasteiger partial charge in [0.05, 0.1) is 0 Å². The molecule has 2 N–H and O–H groups in total. The smallest absolute Gasteiger partial charge is 0.252 e. The Hall–Kier alpha value is -1.10. The Kier molecular flexibility index (Phi) is 5.48. The van der Waals surface area contributed by atoms with Crippen LogP contribution in [0.25, 0.3) is 0 Å². The SMILES string of the molecule is COC1(C(=O)NCC2(c3cccc(Cl)c3)CCCC2)CCNCC1. The minimum Gasteiger partial charge on any atom is -0.368 e. The van der Waals surface area contributed by atoms with E-state index in [-0.39, 0.29) is 11.3 Å². The van der Waals surface area contributed by atoms with Gasteiger partial charge in [-0.3, -0.25) is 4.79 Å². The molecule has 2 fully saturated rings. The van der Waals surface area contributed by atoms with Gasteiger partial charge in [0.2, 0.25) is 0 Å². The van der Waals surface area contributed by atoms with Gasteiger partial charge in [-0.15, -0.1) is 0 Å². The molecule has 1 saturated carbocycles. The van der Waals surface area contributed by atoms with E-state index >= 15 is 0 Å². The number of amides is 1. The van der Waals surface area contributed by atoms with Gasteiger partial charge in [0.15, 0.2) is 0 Å². The molecule has 24 heavy (non-hydrogen) atoms. The van der Waals surface area contributed by atoms with Crippen molar-refractivity contribution in [3.63, 3.8) is 0 Å². The van der Waals surface area contributed by atoms with Crippen molar-refractivity contribution in [1.82, 2.24) is 10.6 Å². The number of piperidine rings is 1. The van der Waals surface area contributed by atoms with Gasteiger partial charge >= 0.3 is 0 Å². The van der Waals surface area contributed by atoms with Gasteiger partial charge in [-0.25, -0.2) is 0 Å². The fourth-order valence-corrected chi connectivity index (χ4v) is 4.39. The van der Waals surface area contributed by atoms with Gasteiger partial charge < -0.3 is 15.4 Å². The number of hydrogen-bond acceptors (Lipinski definition) is 3. The first-order valence-corrected chi connectivity index (χ1v) is 9.28. The predicted molar refractivity (Wildman–Crippen MR) is 96.5 cm³/mol. The lowest BCUT2D eigenvalue weighted by atomic mass is 9.78. The van der Waals surface area contributed by atoms with Crippen molar-refractivity contribution in [3.8, 4) is 0 Å². The van der Waals surface area contributed by atoms with Gasteiger partial charge in [-0.2, -0.15) is 0 Å². The minimum atomic E-state index is -0.681. The molecule has 0 unspecified atom stereocenters. The molecule has 1 heterocycles. The van der Waals surface area contributed by atoms with E-state index in [2.05, 4.69) is 22.8 Å². The lowest BCUT2D eigenvalue weighted by molar-refractivity contribution is -0.147. The van der Waals surface area contributed by atoms with Gasteiger partial charge in [0.25, 0.3) is 5.91 Å². The molecule has 4 nitrogen and oxygen atoms in total. The maximum absolute atomic E-state index is 12.9. The third-order valence-electron chi connectivity index (χ3n) is 5.80. The Labute approximate surface area is 149 Å². The summed E-state index contributed by atoms with van der Waals surface area (Å²) in [6.45, 7) is 2.30. The van der Waals surface area contributed by atoms with Crippen molar-refractivity contribution in [2.45, 2.75) is 49.5 Å². The van der Waals surface area contributed by atoms with E-state index in [9.17, 15) is 4.79 Å². The molecule has 2 aliphatic rings. The second-order valence-corrected chi connectivity index (χ2v) is 7.57. The van der Waals surface area contributed by atoms with E-state index in [0.29, 0.717) is 6.54 Å². The molecule has 1 aromatic carbocycles. The number of carbonyl (C=O) groups is 1. The molecule has 1 aliphatic heterocycles. The van der Waals surface area contributed by atoms with Crippen LogP contribution >= 0.6 is 11.6 Å². The highest BCUT2D eigenvalue weighted by atomic mass is 35.5. The van der Waals surface area contributed by atoms with Crippen LogP contribution in [0.15, 0.2) is 24.3 Å². The third kappa shape index (κ3) is 3.46. The maximum atomic E-state index is 12.9. The first-order chi connectivity index (χ1) is 11.6. The van der Waals surface area contributed by atoms with Gasteiger partial charge in [0.1, 0.15) is 5.60 Å². The molecule has 1 aliphatic carbocycles. The Balaban J connectivity index is 1.74. The third-order valence-corrected chi connectivity index (χ3v) is 6.04. The molecule has 0 aromatic heterocycles. The predicted octanol–water partition coefficient (Wildman–Crippen LogP) is 3.04. The molecule has 1 saturated heterocycles. The normalized spacial score (nSPS) is 22.2. The van der Waals surface area contributed by atoms with Crippen molar-refractivity contribution in [3.05, 3.63) is 34.9 Å². The quantitative estimate of drug-likeness (QED) is 0.858. The van der Waals surface area contributed by atoms with Crippen LogP contribution in [-0.2, 0) is 14.9 Å². The van der Waals surface area contributed by atoms with E-state index in [1.54, 1.807) is 7.11 Å². The molecule has 5 heteroatoms. The second kappa shape index (κ2) is 7.42. The summed E-state index contributed by atoms with van der Waals surface area (Å²) in [5, 5.41) is 7.26. The van der Waals surface area contributed by atoms with Crippen LogP contribution in [0.2, 0.25) is 5.02 Å². The second-order valence-electron chi connectivity index (χ2n) is 7.13. The first kappa shape index (κ1) is 17.7. The number of hydrogen-bond donors (Lipinski definition) is 2. The van der Waals surface area contributed by atoms with Crippen LogP contribution in [0.1, 0.15) is 44.1 Å². The standard InChI is InChI=1S/C19H27ClN2O2/c1-24-19(9-11-21-12-10-19)17(23)22-14-18(7-2-3-8-18)15-5-4-6-16(20)13-15/h4-6,13,21H,2-3,7-12,14H2,1H3,(H,22,23). The number of nitrogens with one attached hydrogen (secondary N) is 2. The van der Waals surface area contributed by atoms with Gasteiger partial charge in [-0.1, -0.05) is 36.6 Å². The maximum Gasteiger partial charge on any atom is 0.252 e. The average molecular weight is 351 g/mol. The summed E-state index contributed by atoms with van der Waals surface area (Å²) < 4.78 is 5.64. The van der Waals surface area contributed by atoms with Gasteiger partial charge in [-0.05, 0) is 56.5 Å². The highest BCUT2D eigenvalue weighted by Crippen LogP contribution is 2.41. The molecule has 0 radical (unpaired) electrons. The van der Waals surface area contributed by atoms with Gasteiger partial charge in [0, 0.05) is 24.1 Å². The number of methoxy groups -OCH3 is 1. The van der Waals surface area contributed by atoms with Crippen LogP contribution in [0, 0.1) is 0 Å². The summed E-state index contributed by atoms with van der Waals surface area (Å²) in [6.07, 6.45) is 6.02. The summed E-state index contributed by atoms with van der Waals surface area (Å²) in [5.41, 5.74) is 0.562. The van der Waals surface area contributed by atoms with Crippen LogP contribution in [0.3, 0.4) is 0 Å². The fourth-order valence-electron chi connectivity index (χ4n) is 4.20. The molecule has 0 bridgehead atoms. The molecule has 1 amide bonds. The van der Waals surface area contributed by atoms with Crippen molar-refractivity contribution in [2.75, 3.05) is 26.7 Å². The average Bonchev–Trinajstić information content (AvgIpc) is 3.10. The molecule has 3 rings (SSSR count). The Bertz CT molecular complexity index is 578. The summed E-state index contributed by atoms with van der Waals surface area (Å²) in [4.78, 5) is 12.9. The van der Waals surface area contributed by atoms with Crippen LogP contribution in [0.5, 0.6) is 0 Å². The Morgan fingerprint density at radius 2 is 1.96 bits per heavy atom. The molecule has 0 atom stereocenters. The van der Waals surface area contributed by atoms with Crippen LogP contribution in [0.4, 0.5) is 0 Å². The summed E-state index contributed by atoms with van der Waals surface area (Å²) >= 11 is 6.20. The van der Waals surface area contributed by atoms with E-state index in [4.69, 9.17) is 16.3 Å². The monoisotopic (exact) mass is 350 g/mol. The number of benzene rings is 1. The molecular formula is C19H27ClN2O2. The minimum absolute atomic E-state index is 0.00239. The summed E-state index contributed by atoms with van der Waals surface area (Å²) in [6, 6.07) is 8.10. The van der Waals surface area contributed by atoms with E-state index < -0.39 is 5.60 Å². The summed E-state index contributed by atoms with van der Waals surface area (Å²) in [5.74, 6) is 0.0276. The zero-order chi connectivity index (χ0) is 17.0. The molecule has 132 valence electrons. The number of halogens is 1. The van der Waals surface area contributed by atoms with Crippen molar-refractivity contribution >= 4 is 17.5 Å². The summed E-state index contributed by atoms with van der Waals surface area (Å²) in [7, 11) is 1.65. The van der Waals surface area contributed by atoms with E-state index in [0.717, 1.165) is 43.8 Å². The fraction of sp³-hybridized carbons (Fsp3) is 0.632. The lowest BCUT2D eigenvalue weighted by Crippen LogP contribution is -2.55. The largest absolute Gasteiger partial charge is 0.368 e. The number of ether oxygens (including phenoxy) is 1. The highest BCUT2D eigenvalue weighted by Gasteiger charge is 2.42. The van der Waals surface area contributed by atoms with Crippen LogP contribution < -0.4 is 10.6 Å². The Morgan fingerprint density at radius 3 is 2.58 bits per heavy atom. The Morgan fingerprint density at radius 1 is 1.25 bits per heavy atom. The lowest BCUT2D eigenvalue weighted by Gasteiger charge is -2.37. The van der Waals surface area contributed by atoms with E-state index in [1.165, 1.54) is 18.4 Å². The number of rotatable bonds is 5. The van der Waals surface area contributed by atoms with E-state index in [1.807, 2.05) is 12.1 Å². The van der Waals surface area contributed by atoms with Crippen LogP contribution in [-0.4, -0.2) is 38.3 Å². The molecule has 1 aromatic rings. The van der Waals surface area contributed by atoms with Crippen molar-refractivity contribution < 1.29 is 9.53 Å². The zero-order valence-corrected chi connectivity index (χ0v) is 15.1. The number of carbonyl (C=O) groups excluding carboxylic acids is 1. The molecular weight excluding hydrogens is 324 g/mol. The zero-order valence-electron chi connectivity index (χ0n) is 14.4. The first-order valence-electron chi connectivity index (χ1n) is 8.91. The highest BCUT2D eigenvalue weighted by molar-refractivity contribution is 6.30. The molecule has 0 spiro atoms.